The summed E-state index contributed by atoms with van der Waals surface area (Å²) in [5.74, 6) is -0.915. The monoisotopic (exact) mass is 354 g/mol. The molecule has 3 aromatic rings. The first-order valence-corrected chi connectivity index (χ1v) is 8.61. The Hall–Kier alpha value is -2.73. The Bertz CT molecular complexity index is 1010. The van der Waals surface area contributed by atoms with E-state index in [2.05, 4.69) is 11.6 Å². The SMILES string of the molecule is C=CCn1c(SCC(=O)c2ccccc2F)nc2ccccc2c1=O. The quantitative estimate of drug-likeness (QED) is 0.293. The highest BCUT2D eigenvalue weighted by atomic mass is 32.2. The Balaban J connectivity index is 1.94. The van der Waals surface area contributed by atoms with E-state index >= 15 is 0 Å². The average molecular weight is 354 g/mol. The van der Waals surface area contributed by atoms with Crippen molar-refractivity contribution in [3.8, 4) is 0 Å². The van der Waals surface area contributed by atoms with E-state index in [0.29, 0.717) is 16.1 Å². The molecular weight excluding hydrogens is 339 g/mol. The van der Waals surface area contributed by atoms with Gasteiger partial charge in [0.05, 0.1) is 22.2 Å². The van der Waals surface area contributed by atoms with Gasteiger partial charge in [-0.1, -0.05) is 42.1 Å². The summed E-state index contributed by atoms with van der Waals surface area (Å²) in [4.78, 5) is 29.4. The van der Waals surface area contributed by atoms with E-state index in [4.69, 9.17) is 0 Å². The summed E-state index contributed by atoms with van der Waals surface area (Å²) >= 11 is 1.12. The molecular formula is C19H15FN2O2S. The van der Waals surface area contributed by atoms with E-state index in [1.807, 2.05) is 0 Å². The molecule has 0 saturated heterocycles. The first kappa shape index (κ1) is 17.1. The van der Waals surface area contributed by atoms with Gasteiger partial charge in [-0.2, -0.15) is 0 Å². The Morgan fingerprint density at radius 2 is 1.92 bits per heavy atom. The molecule has 0 aliphatic rings. The Labute approximate surface area is 148 Å². The van der Waals surface area contributed by atoms with Gasteiger partial charge in [0, 0.05) is 6.54 Å². The van der Waals surface area contributed by atoms with Crippen molar-refractivity contribution in [1.82, 2.24) is 9.55 Å². The molecule has 0 bridgehead atoms. The molecule has 0 fully saturated rings. The number of carbonyl (C=O) groups excluding carboxylic acids is 1. The van der Waals surface area contributed by atoms with Crippen LogP contribution in [0.4, 0.5) is 4.39 Å². The van der Waals surface area contributed by atoms with Crippen molar-refractivity contribution in [3.63, 3.8) is 0 Å². The maximum Gasteiger partial charge on any atom is 0.262 e. The molecule has 0 aliphatic carbocycles. The number of hydrogen-bond donors (Lipinski definition) is 0. The van der Waals surface area contributed by atoms with Gasteiger partial charge in [-0.25, -0.2) is 9.37 Å². The van der Waals surface area contributed by atoms with Gasteiger partial charge in [0.15, 0.2) is 10.9 Å². The molecule has 4 nitrogen and oxygen atoms in total. The van der Waals surface area contributed by atoms with E-state index in [0.717, 1.165) is 11.8 Å². The van der Waals surface area contributed by atoms with Crippen LogP contribution in [0, 0.1) is 5.82 Å². The summed E-state index contributed by atoms with van der Waals surface area (Å²) < 4.78 is 15.2. The van der Waals surface area contributed by atoms with E-state index in [1.54, 1.807) is 36.4 Å². The Morgan fingerprint density at radius 1 is 1.20 bits per heavy atom. The summed E-state index contributed by atoms with van der Waals surface area (Å²) in [7, 11) is 0. The van der Waals surface area contributed by atoms with Gasteiger partial charge in [0.2, 0.25) is 0 Å². The third-order valence-corrected chi connectivity index (χ3v) is 4.62. The first-order valence-electron chi connectivity index (χ1n) is 7.63. The van der Waals surface area contributed by atoms with Crippen LogP contribution in [-0.2, 0) is 6.54 Å². The highest BCUT2D eigenvalue weighted by Gasteiger charge is 2.15. The van der Waals surface area contributed by atoms with Gasteiger partial charge in [-0.15, -0.1) is 6.58 Å². The van der Waals surface area contributed by atoms with E-state index < -0.39 is 5.82 Å². The lowest BCUT2D eigenvalue weighted by Gasteiger charge is -2.11. The van der Waals surface area contributed by atoms with Gasteiger partial charge < -0.3 is 0 Å². The molecule has 0 N–H and O–H groups in total. The normalized spacial score (nSPS) is 10.8. The minimum absolute atomic E-state index is 0.0111. The van der Waals surface area contributed by atoms with Crippen LogP contribution in [0.15, 0.2) is 71.1 Å². The largest absolute Gasteiger partial charge is 0.293 e. The summed E-state index contributed by atoms with van der Waals surface area (Å²) in [6.45, 7) is 3.94. The van der Waals surface area contributed by atoms with Crippen LogP contribution in [0.3, 0.4) is 0 Å². The second kappa shape index (κ2) is 7.44. The molecule has 0 saturated carbocycles. The fourth-order valence-electron chi connectivity index (χ4n) is 2.44. The lowest BCUT2D eigenvalue weighted by atomic mass is 10.1. The minimum atomic E-state index is -0.553. The molecule has 3 rings (SSSR count). The van der Waals surface area contributed by atoms with Crippen molar-refractivity contribution in [2.75, 3.05) is 5.75 Å². The molecule has 2 aromatic carbocycles. The fourth-order valence-corrected chi connectivity index (χ4v) is 3.34. The number of para-hydroxylation sites is 1. The van der Waals surface area contributed by atoms with Crippen molar-refractivity contribution in [2.24, 2.45) is 0 Å². The first-order chi connectivity index (χ1) is 12.1. The predicted octanol–water partition coefficient (Wildman–Crippen LogP) is 3.70. The highest BCUT2D eigenvalue weighted by molar-refractivity contribution is 7.99. The third kappa shape index (κ3) is 3.53. The van der Waals surface area contributed by atoms with Crippen LogP contribution >= 0.6 is 11.8 Å². The number of hydrogen-bond acceptors (Lipinski definition) is 4. The number of fused-ring (bicyclic) bond motifs is 1. The summed E-state index contributed by atoms with van der Waals surface area (Å²) in [5, 5.41) is 0.919. The van der Waals surface area contributed by atoms with Gasteiger partial charge in [0.1, 0.15) is 5.82 Å². The zero-order valence-electron chi connectivity index (χ0n) is 13.3. The Morgan fingerprint density at radius 3 is 2.68 bits per heavy atom. The molecule has 1 heterocycles. The van der Waals surface area contributed by atoms with Crippen LogP contribution in [0.25, 0.3) is 10.9 Å². The molecule has 0 spiro atoms. The Kier molecular flexibility index (Phi) is 5.09. The number of carbonyl (C=O) groups is 1. The third-order valence-electron chi connectivity index (χ3n) is 3.64. The highest BCUT2D eigenvalue weighted by Crippen LogP contribution is 2.20. The number of Topliss-reactive ketones (excluding diaryl/α,β-unsaturated/α-hetero) is 1. The van der Waals surface area contributed by atoms with E-state index in [9.17, 15) is 14.0 Å². The molecule has 0 radical (unpaired) electrons. The molecule has 0 atom stereocenters. The number of allylic oxidation sites excluding steroid dienone is 1. The number of aromatic nitrogens is 2. The van der Waals surface area contributed by atoms with Crippen LogP contribution in [0.5, 0.6) is 0 Å². The standard InChI is InChI=1S/C19H15FN2O2S/c1-2-11-22-18(24)14-8-4-6-10-16(14)21-19(22)25-12-17(23)13-7-3-5-9-15(13)20/h2-10H,1,11-12H2. The smallest absolute Gasteiger partial charge is 0.262 e. The van der Waals surface area contributed by atoms with Crippen molar-refractivity contribution in [1.29, 1.82) is 0 Å². The summed E-state index contributed by atoms with van der Waals surface area (Å²) in [5.41, 5.74) is 0.411. The van der Waals surface area contributed by atoms with Gasteiger partial charge >= 0.3 is 0 Å². The maximum absolute atomic E-state index is 13.7. The molecule has 0 aliphatic heterocycles. The van der Waals surface area contributed by atoms with Crippen molar-refractivity contribution in [2.45, 2.75) is 11.7 Å². The second-order valence-corrected chi connectivity index (χ2v) is 6.25. The van der Waals surface area contributed by atoms with Crippen molar-refractivity contribution < 1.29 is 9.18 Å². The van der Waals surface area contributed by atoms with Crippen molar-refractivity contribution in [3.05, 3.63) is 82.9 Å². The average Bonchev–Trinajstić information content (AvgIpc) is 2.63. The minimum Gasteiger partial charge on any atom is -0.293 e. The van der Waals surface area contributed by atoms with E-state index in [1.165, 1.54) is 22.8 Å². The molecule has 126 valence electrons. The molecule has 0 amide bonds. The molecule has 6 heteroatoms. The summed E-state index contributed by atoms with van der Waals surface area (Å²) in [6.07, 6.45) is 1.60. The zero-order valence-corrected chi connectivity index (χ0v) is 14.1. The molecule has 0 unspecified atom stereocenters. The number of halogens is 1. The maximum atomic E-state index is 13.7. The lowest BCUT2D eigenvalue weighted by Crippen LogP contribution is -2.23. The number of rotatable bonds is 6. The second-order valence-electron chi connectivity index (χ2n) is 5.31. The number of ketones is 1. The zero-order chi connectivity index (χ0) is 17.8. The van der Waals surface area contributed by atoms with Gasteiger partial charge in [-0.3, -0.25) is 14.2 Å². The van der Waals surface area contributed by atoms with Gasteiger partial charge in [-0.05, 0) is 24.3 Å². The number of nitrogens with zero attached hydrogens (tertiary/aromatic N) is 2. The summed E-state index contributed by atoms with van der Waals surface area (Å²) in [6, 6.07) is 12.9. The number of thioether (sulfide) groups is 1. The van der Waals surface area contributed by atoms with Crippen molar-refractivity contribution >= 4 is 28.4 Å². The van der Waals surface area contributed by atoms with Crippen LogP contribution < -0.4 is 5.56 Å². The predicted molar refractivity (Wildman–Crippen MR) is 97.7 cm³/mol. The fraction of sp³-hybridized carbons (Fsp3) is 0.105. The van der Waals surface area contributed by atoms with Crippen LogP contribution in [0.1, 0.15) is 10.4 Å². The lowest BCUT2D eigenvalue weighted by molar-refractivity contribution is 0.101. The van der Waals surface area contributed by atoms with E-state index in [-0.39, 0.29) is 29.2 Å². The molecule has 25 heavy (non-hydrogen) atoms. The van der Waals surface area contributed by atoms with Crippen LogP contribution in [-0.4, -0.2) is 21.1 Å². The van der Waals surface area contributed by atoms with Gasteiger partial charge in [0.25, 0.3) is 5.56 Å². The topological polar surface area (TPSA) is 52.0 Å². The molecule has 1 aromatic heterocycles. The van der Waals surface area contributed by atoms with Crippen LogP contribution in [0.2, 0.25) is 0 Å². The number of benzene rings is 2.